The second-order valence-corrected chi connectivity index (χ2v) is 4.82. The number of carbonyl (C=O) groups is 1. The number of benzene rings is 1. The molecule has 1 saturated carbocycles. The predicted molar refractivity (Wildman–Crippen MR) is 64.0 cm³/mol. The molecule has 0 aliphatic heterocycles. The van der Waals surface area contributed by atoms with Crippen LogP contribution in [-0.4, -0.2) is 19.0 Å². The quantitative estimate of drug-likeness (QED) is 0.842. The van der Waals surface area contributed by atoms with Crippen molar-refractivity contribution in [2.45, 2.75) is 19.3 Å². The van der Waals surface area contributed by atoms with Gasteiger partial charge in [0.05, 0.1) is 0 Å². The number of carbonyl (C=O) groups excluding carboxylic acids is 1. The lowest BCUT2D eigenvalue weighted by molar-refractivity contribution is 0.0935. The van der Waals surface area contributed by atoms with Crippen molar-refractivity contribution in [2.24, 2.45) is 11.1 Å². The van der Waals surface area contributed by atoms with Gasteiger partial charge in [-0.05, 0) is 43.4 Å². The second kappa shape index (κ2) is 5.02. The number of amides is 1. The SMILES string of the molecule is NCCC1(CNC(=O)c2c(F)cccc2F)CC1. The van der Waals surface area contributed by atoms with Gasteiger partial charge in [0.25, 0.3) is 5.91 Å². The van der Waals surface area contributed by atoms with E-state index in [-0.39, 0.29) is 5.41 Å². The molecule has 0 radical (unpaired) electrons. The van der Waals surface area contributed by atoms with E-state index in [2.05, 4.69) is 5.32 Å². The van der Waals surface area contributed by atoms with Crippen LogP contribution in [0.15, 0.2) is 18.2 Å². The van der Waals surface area contributed by atoms with Gasteiger partial charge in [-0.15, -0.1) is 0 Å². The van der Waals surface area contributed by atoms with E-state index in [9.17, 15) is 13.6 Å². The van der Waals surface area contributed by atoms with Crippen molar-refractivity contribution >= 4 is 5.91 Å². The van der Waals surface area contributed by atoms with Crippen LogP contribution in [0.5, 0.6) is 0 Å². The van der Waals surface area contributed by atoms with E-state index < -0.39 is 23.1 Å². The first-order valence-electron chi connectivity index (χ1n) is 6.00. The summed E-state index contributed by atoms with van der Waals surface area (Å²) in [7, 11) is 0. The summed E-state index contributed by atoms with van der Waals surface area (Å²) in [6.07, 6.45) is 2.83. The lowest BCUT2D eigenvalue weighted by atomic mass is 10.0. The van der Waals surface area contributed by atoms with Gasteiger partial charge in [0, 0.05) is 6.54 Å². The normalized spacial score (nSPS) is 16.4. The van der Waals surface area contributed by atoms with Crippen LogP contribution < -0.4 is 11.1 Å². The molecule has 3 nitrogen and oxygen atoms in total. The first-order chi connectivity index (χ1) is 8.58. The van der Waals surface area contributed by atoms with Gasteiger partial charge in [-0.2, -0.15) is 0 Å². The molecule has 3 N–H and O–H groups in total. The highest BCUT2D eigenvalue weighted by Gasteiger charge is 2.41. The Morgan fingerprint density at radius 3 is 2.44 bits per heavy atom. The van der Waals surface area contributed by atoms with Gasteiger partial charge < -0.3 is 11.1 Å². The van der Waals surface area contributed by atoms with Crippen molar-refractivity contribution in [2.75, 3.05) is 13.1 Å². The van der Waals surface area contributed by atoms with Crippen LogP contribution in [0.2, 0.25) is 0 Å². The van der Waals surface area contributed by atoms with Gasteiger partial charge in [0.15, 0.2) is 0 Å². The van der Waals surface area contributed by atoms with Crippen LogP contribution in [0.25, 0.3) is 0 Å². The first-order valence-corrected chi connectivity index (χ1v) is 6.00. The maximum Gasteiger partial charge on any atom is 0.257 e. The van der Waals surface area contributed by atoms with Crippen LogP contribution in [0.4, 0.5) is 8.78 Å². The Bertz CT molecular complexity index is 438. The highest BCUT2D eigenvalue weighted by Crippen LogP contribution is 2.47. The third-order valence-corrected chi connectivity index (χ3v) is 3.45. The minimum Gasteiger partial charge on any atom is -0.351 e. The third kappa shape index (κ3) is 2.67. The number of nitrogens with two attached hydrogens (primary N) is 1. The average molecular weight is 254 g/mol. The Labute approximate surface area is 104 Å². The van der Waals surface area contributed by atoms with E-state index in [1.165, 1.54) is 6.07 Å². The molecule has 18 heavy (non-hydrogen) atoms. The summed E-state index contributed by atoms with van der Waals surface area (Å²) in [6, 6.07) is 3.38. The molecule has 1 aliphatic rings. The van der Waals surface area contributed by atoms with Gasteiger partial charge in [-0.25, -0.2) is 8.78 Å². The number of nitrogens with one attached hydrogen (secondary N) is 1. The number of hydrogen-bond donors (Lipinski definition) is 2. The van der Waals surface area contributed by atoms with Crippen LogP contribution >= 0.6 is 0 Å². The molecule has 0 bridgehead atoms. The van der Waals surface area contributed by atoms with Crippen LogP contribution in [-0.2, 0) is 0 Å². The summed E-state index contributed by atoms with van der Waals surface area (Å²) >= 11 is 0. The zero-order valence-electron chi connectivity index (χ0n) is 10.0. The fourth-order valence-corrected chi connectivity index (χ4v) is 2.07. The largest absolute Gasteiger partial charge is 0.351 e. The summed E-state index contributed by atoms with van der Waals surface area (Å²) in [5.74, 6) is -2.37. The molecule has 1 aliphatic carbocycles. The molecule has 0 spiro atoms. The molecular formula is C13H16F2N2O. The Hall–Kier alpha value is -1.49. The lowest BCUT2D eigenvalue weighted by Crippen LogP contribution is -2.32. The van der Waals surface area contributed by atoms with Crippen molar-refractivity contribution in [3.8, 4) is 0 Å². The minimum absolute atomic E-state index is 0.0478. The monoisotopic (exact) mass is 254 g/mol. The fraction of sp³-hybridized carbons (Fsp3) is 0.462. The third-order valence-electron chi connectivity index (χ3n) is 3.45. The Morgan fingerprint density at radius 1 is 1.33 bits per heavy atom. The lowest BCUT2D eigenvalue weighted by Gasteiger charge is -2.15. The first kappa shape index (κ1) is 13.0. The Balaban J connectivity index is 2.00. The van der Waals surface area contributed by atoms with Crippen molar-refractivity contribution < 1.29 is 13.6 Å². The minimum atomic E-state index is -0.837. The molecule has 0 heterocycles. The molecule has 0 unspecified atom stereocenters. The molecular weight excluding hydrogens is 238 g/mol. The molecule has 0 saturated heterocycles. The van der Waals surface area contributed by atoms with Crippen molar-refractivity contribution in [3.05, 3.63) is 35.4 Å². The fourth-order valence-electron chi connectivity index (χ4n) is 2.07. The van der Waals surface area contributed by atoms with Crippen molar-refractivity contribution in [1.29, 1.82) is 0 Å². The summed E-state index contributed by atoms with van der Waals surface area (Å²) in [5.41, 5.74) is 5.02. The van der Waals surface area contributed by atoms with Crippen molar-refractivity contribution in [1.82, 2.24) is 5.32 Å². The summed E-state index contributed by atoms with van der Waals surface area (Å²) < 4.78 is 26.7. The van der Waals surface area contributed by atoms with Gasteiger partial charge in [-0.1, -0.05) is 6.07 Å². The molecule has 0 aromatic heterocycles. The van der Waals surface area contributed by atoms with Gasteiger partial charge in [-0.3, -0.25) is 4.79 Å². The maximum absolute atomic E-state index is 13.4. The molecule has 98 valence electrons. The Kier molecular flexibility index (Phi) is 3.61. The average Bonchev–Trinajstić information content (AvgIpc) is 3.07. The van der Waals surface area contributed by atoms with E-state index in [4.69, 9.17) is 5.73 Å². The van der Waals surface area contributed by atoms with E-state index in [1.807, 2.05) is 0 Å². The zero-order valence-corrected chi connectivity index (χ0v) is 10.0. The number of halogens is 2. The van der Waals surface area contributed by atoms with Crippen LogP contribution in [0.1, 0.15) is 29.6 Å². The molecule has 2 rings (SSSR count). The van der Waals surface area contributed by atoms with E-state index in [1.54, 1.807) is 0 Å². The predicted octanol–water partition coefficient (Wildman–Crippen LogP) is 1.82. The van der Waals surface area contributed by atoms with E-state index >= 15 is 0 Å². The topological polar surface area (TPSA) is 55.1 Å². The highest BCUT2D eigenvalue weighted by molar-refractivity contribution is 5.94. The van der Waals surface area contributed by atoms with Gasteiger partial charge in [0.1, 0.15) is 17.2 Å². The highest BCUT2D eigenvalue weighted by atomic mass is 19.1. The van der Waals surface area contributed by atoms with Crippen molar-refractivity contribution in [3.63, 3.8) is 0 Å². The number of rotatable bonds is 5. The molecule has 1 aromatic carbocycles. The second-order valence-electron chi connectivity index (χ2n) is 4.82. The van der Waals surface area contributed by atoms with E-state index in [0.29, 0.717) is 13.1 Å². The number of hydrogen-bond acceptors (Lipinski definition) is 2. The zero-order chi connectivity index (χ0) is 13.2. The molecule has 1 aromatic rings. The molecule has 0 atom stereocenters. The molecule has 1 fully saturated rings. The standard InChI is InChI=1S/C13H16F2N2O/c14-9-2-1-3-10(15)11(9)12(18)17-8-13(4-5-13)6-7-16/h1-3H,4-8,16H2,(H,17,18). The summed E-state index contributed by atoms with van der Waals surface area (Å²) in [5, 5.41) is 2.59. The van der Waals surface area contributed by atoms with Gasteiger partial charge >= 0.3 is 0 Å². The summed E-state index contributed by atoms with van der Waals surface area (Å²) in [6.45, 7) is 0.987. The van der Waals surface area contributed by atoms with Gasteiger partial charge in [0.2, 0.25) is 0 Å². The van der Waals surface area contributed by atoms with Crippen LogP contribution in [0.3, 0.4) is 0 Å². The van der Waals surface area contributed by atoms with Crippen LogP contribution in [0, 0.1) is 17.0 Å². The Morgan fingerprint density at radius 2 is 1.94 bits per heavy atom. The van der Waals surface area contributed by atoms with E-state index in [0.717, 1.165) is 31.4 Å². The smallest absolute Gasteiger partial charge is 0.257 e. The maximum atomic E-state index is 13.4. The molecule has 1 amide bonds. The summed E-state index contributed by atoms with van der Waals surface area (Å²) in [4.78, 5) is 11.7. The molecule has 5 heteroatoms.